The molecule has 1 atom stereocenters. The fraction of sp³-hybridized carbons (Fsp3) is 0.286. The van der Waals surface area contributed by atoms with Gasteiger partial charge >= 0.3 is 0 Å². The van der Waals surface area contributed by atoms with Crippen LogP contribution in [0, 0.1) is 5.82 Å². The summed E-state index contributed by atoms with van der Waals surface area (Å²) < 4.78 is 18.2. The number of hydrogen-bond donors (Lipinski definition) is 1. The van der Waals surface area contributed by atoms with Gasteiger partial charge in [0.1, 0.15) is 11.6 Å². The van der Waals surface area contributed by atoms with Crippen LogP contribution in [0.5, 0.6) is 0 Å². The summed E-state index contributed by atoms with van der Waals surface area (Å²) in [6, 6.07) is 10.8. The van der Waals surface area contributed by atoms with Gasteiger partial charge in [-0.25, -0.2) is 4.39 Å². The zero-order valence-electron chi connectivity index (χ0n) is 9.82. The second kappa shape index (κ2) is 5.64. The molecule has 0 bridgehead atoms. The van der Waals surface area contributed by atoms with Gasteiger partial charge in [-0.1, -0.05) is 12.1 Å². The molecule has 3 heteroatoms. The lowest BCUT2D eigenvalue weighted by molar-refractivity contribution is 0.456. The maximum absolute atomic E-state index is 13.0. The van der Waals surface area contributed by atoms with Gasteiger partial charge in [0.2, 0.25) is 0 Å². The van der Waals surface area contributed by atoms with Crippen LogP contribution < -0.4 is 5.32 Å². The Kier molecular flexibility index (Phi) is 3.94. The van der Waals surface area contributed by atoms with E-state index < -0.39 is 0 Å². The van der Waals surface area contributed by atoms with Crippen LogP contribution in [0.15, 0.2) is 47.1 Å². The van der Waals surface area contributed by atoms with Crippen molar-refractivity contribution < 1.29 is 8.81 Å². The topological polar surface area (TPSA) is 25.2 Å². The molecule has 2 rings (SSSR count). The Morgan fingerprint density at radius 2 is 2.18 bits per heavy atom. The molecule has 17 heavy (non-hydrogen) atoms. The van der Waals surface area contributed by atoms with E-state index in [2.05, 4.69) is 12.2 Å². The molecule has 2 aromatic rings. The monoisotopic (exact) mass is 233 g/mol. The quantitative estimate of drug-likeness (QED) is 0.858. The first-order chi connectivity index (χ1) is 8.24. The van der Waals surface area contributed by atoms with Crippen molar-refractivity contribution in [2.45, 2.75) is 25.9 Å². The summed E-state index contributed by atoms with van der Waals surface area (Å²) in [4.78, 5) is 0. The van der Waals surface area contributed by atoms with Gasteiger partial charge in [-0.05, 0) is 36.8 Å². The molecule has 1 N–H and O–H groups in total. The Hall–Kier alpha value is -1.61. The number of benzene rings is 1. The van der Waals surface area contributed by atoms with Crippen LogP contribution in [0.3, 0.4) is 0 Å². The van der Waals surface area contributed by atoms with E-state index in [0.29, 0.717) is 12.6 Å². The predicted molar refractivity (Wildman–Crippen MR) is 65.1 cm³/mol. The smallest absolute Gasteiger partial charge is 0.123 e. The molecule has 0 aliphatic heterocycles. The van der Waals surface area contributed by atoms with Crippen LogP contribution in [0.1, 0.15) is 18.2 Å². The van der Waals surface area contributed by atoms with Gasteiger partial charge in [-0.3, -0.25) is 0 Å². The molecule has 0 spiro atoms. The summed E-state index contributed by atoms with van der Waals surface area (Å²) in [6.45, 7) is 2.75. The molecule has 0 fully saturated rings. The van der Waals surface area contributed by atoms with Crippen molar-refractivity contribution in [1.82, 2.24) is 5.32 Å². The van der Waals surface area contributed by atoms with Crippen LogP contribution in [0.25, 0.3) is 0 Å². The average molecular weight is 233 g/mol. The van der Waals surface area contributed by atoms with E-state index >= 15 is 0 Å². The Bertz CT molecular complexity index is 453. The maximum atomic E-state index is 13.0. The zero-order chi connectivity index (χ0) is 12.1. The maximum Gasteiger partial charge on any atom is 0.123 e. The predicted octanol–water partition coefficient (Wildman–Crippen LogP) is 3.14. The van der Waals surface area contributed by atoms with Crippen molar-refractivity contribution >= 4 is 0 Å². The zero-order valence-corrected chi connectivity index (χ0v) is 9.82. The molecule has 1 unspecified atom stereocenters. The van der Waals surface area contributed by atoms with Gasteiger partial charge in [-0.15, -0.1) is 0 Å². The summed E-state index contributed by atoms with van der Waals surface area (Å²) in [5.74, 6) is 0.771. The lowest BCUT2D eigenvalue weighted by atomic mass is 10.1. The molecule has 0 saturated heterocycles. The SMILES string of the molecule is CC(Cc1ccco1)NCc1cccc(F)c1. The molecular formula is C14H16FNO. The van der Waals surface area contributed by atoms with Gasteiger partial charge < -0.3 is 9.73 Å². The van der Waals surface area contributed by atoms with Crippen molar-refractivity contribution in [3.8, 4) is 0 Å². The summed E-state index contributed by atoms with van der Waals surface area (Å²) in [7, 11) is 0. The van der Waals surface area contributed by atoms with Crippen molar-refractivity contribution in [3.63, 3.8) is 0 Å². The summed E-state index contributed by atoms with van der Waals surface area (Å²) in [5.41, 5.74) is 0.955. The number of rotatable bonds is 5. The number of furan rings is 1. The third-order valence-corrected chi connectivity index (χ3v) is 2.63. The van der Waals surface area contributed by atoms with E-state index in [1.807, 2.05) is 18.2 Å². The molecule has 1 heterocycles. The molecule has 1 aromatic heterocycles. The van der Waals surface area contributed by atoms with Gasteiger partial charge in [0.15, 0.2) is 0 Å². The van der Waals surface area contributed by atoms with E-state index in [4.69, 9.17) is 4.42 Å². The van der Waals surface area contributed by atoms with Crippen LogP contribution >= 0.6 is 0 Å². The molecule has 0 aliphatic carbocycles. The Morgan fingerprint density at radius 1 is 1.29 bits per heavy atom. The fourth-order valence-corrected chi connectivity index (χ4v) is 1.74. The first-order valence-corrected chi connectivity index (χ1v) is 5.74. The first-order valence-electron chi connectivity index (χ1n) is 5.74. The standard InChI is InChI=1S/C14H16FNO/c1-11(8-14-6-3-7-17-14)16-10-12-4-2-5-13(15)9-12/h2-7,9,11,16H,8,10H2,1H3. The minimum absolute atomic E-state index is 0.192. The molecule has 2 nitrogen and oxygen atoms in total. The highest BCUT2D eigenvalue weighted by Crippen LogP contribution is 2.06. The Morgan fingerprint density at radius 3 is 2.88 bits per heavy atom. The molecular weight excluding hydrogens is 217 g/mol. The highest BCUT2D eigenvalue weighted by Gasteiger charge is 2.05. The van der Waals surface area contributed by atoms with Crippen LogP contribution in [0.2, 0.25) is 0 Å². The highest BCUT2D eigenvalue weighted by molar-refractivity contribution is 5.16. The van der Waals surface area contributed by atoms with E-state index in [9.17, 15) is 4.39 Å². The Labute approximate surface area is 100 Å². The third-order valence-electron chi connectivity index (χ3n) is 2.63. The van der Waals surface area contributed by atoms with Gasteiger partial charge in [0.05, 0.1) is 6.26 Å². The van der Waals surface area contributed by atoms with Gasteiger partial charge in [-0.2, -0.15) is 0 Å². The van der Waals surface area contributed by atoms with E-state index in [1.54, 1.807) is 18.4 Å². The second-order valence-corrected chi connectivity index (χ2v) is 4.20. The third kappa shape index (κ3) is 3.71. The summed E-state index contributed by atoms with van der Waals surface area (Å²) >= 11 is 0. The van der Waals surface area contributed by atoms with Crippen molar-refractivity contribution in [1.29, 1.82) is 0 Å². The average Bonchev–Trinajstić information content (AvgIpc) is 2.79. The van der Waals surface area contributed by atoms with E-state index in [0.717, 1.165) is 17.7 Å². The molecule has 0 aliphatic rings. The Balaban J connectivity index is 1.82. The molecule has 1 aromatic carbocycles. The minimum atomic E-state index is -0.192. The molecule has 0 amide bonds. The van der Waals surface area contributed by atoms with E-state index in [1.165, 1.54) is 6.07 Å². The van der Waals surface area contributed by atoms with Crippen LogP contribution in [0.4, 0.5) is 4.39 Å². The molecule has 0 radical (unpaired) electrons. The van der Waals surface area contributed by atoms with Gasteiger partial charge in [0.25, 0.3) is 0 Å². The summed E-state index contributed by atoms with van der Waals surface area (Å²) in [5, 5.41) is 3.34. The number of halogens is 1. The minimum Gasteiger partial charge on any atom is -0.469 e. The number of hydrogen-bond acceptors (Lipinski definition) is 2. The number of nitrogens with one attached hydrogen (secondary N) is 1. The van der Waals surface area contributed by atoms with Crippen molar-refractivity contribution in [2.24, 2.45) is 0 Å². The van der Waals surface area contributed by atoms with Crippen molar-refractivity contribution in [3.05, 3.63) is 59.8 Å². The molecule has 0 saturated carbocycles. The fourth-order valence-electron chi connectivity index (χ4n) is 1.74. The van der Waals surface area contributed by atoms with Crippen LogP contribution in [-0.2, 0) is 13.0 Å². The van der Waals surface area contributed by atoms with Crippen molar-refractivity contribution in [2.75, 3.05) is 0 Å². The van der Waals surface area contributed by atoms with Gasteiger partial charge in [0, 0.05) is 19.0 Å². The largest absolute Gasteiger partial charge is 0.469 e. The second-order valence-electron chi connectivity index (χ2n) is 4.20. The lowest BCUT2D eigenvalue weighted by Crippen LogP contribution is -2.27. The first kappa shape index (κ1) is 11.9. The van der Waals surface area contributed by atoms with E-state index in [-0.39, 0.29) is 5.82 Å². The van der Waals surface area contributed by atoms with Crippen LogP contribution in [-0.4, -0.2) is 6.04 Å². The lowest BCUT2D eigenvalue weighted by Gasteiger charge is -2.12. The molecule has 90 valence electrons. The highest BCUT2D eigenvalue weighted by atomic mass is 19.1. The summed E-state index contributed by atoms with van der Waals surface area (Å²) in [6.07, 6.45) is 2.51. The normalized spacial score (nSPS) is 12.6.